The summed E-state index contributed by atoms with van der Waals surface area (Å²) in [6, 6.07) is 0. The van der Waals surface area contributed by atoms with Crippen LogP contribution in [0.15, 0.2) is 11.1 Å². The van der Waals surface area contributed by atoms with Crippen molar-refractivity contribution in [3.8, 4) is 0 Å². The van der Waals surface area contributed by atoms with E-state index in [1.807, 2.05) is 20.8 Å². The van der Waals surface area contributed by atoms with Gasteiger partial charge in [-0.15, -0.1) is 0 Å². The molecule has 0 unspecified atom stereocenters. The number of carboxylic acid groups (broad SMARTS) is 1. The monoisotopic (exact) mass is 254 g/mol. The van der Waals surface area contributed by atoms with Gasteiger partial charge in [0.25, 0.3) is 0 Å². The zero-order valence-electron chi connectivity index (χ0n) is 11.2. The van der Waals surface area contributed by atoms with Crippen molar-refractivity contribution in [2.45, 2.75) is 58.2 Å². The van der Waals surface area contributed by atoms with Crippen molar-refractivity contribution in [2.75, 3.05) is 0 Å². The highest BCUT2D eigenvalue weighted by Crippen LogP contribution is 2.53. The van der Waals surface area contributed by atoms with E-state index in [4.69, 9.17) is 5.11 Å². The van der Waals surface area contributed by atoms with Crippen LogP contribution in [-0.4, -0.2) is 33.0 Å². The normalized spacial score (nSPS) is 38.7. The average Bonchev–Trinajstić information content (AvgIpc) is 2.46. The first-order valence-electron chi connectivity index (χ1n) is 6.53. The van der Waals surface area contributed by atoms with Crippen LogP contribution in [0.4, 0.5) is 0 Å². The van der Waals surface area contributed by atoms with Gasteiger partial charge in [-0.1, -0.05) is 20.8 Å². The molecule has 0 aromatic rings. The average molecular weight is 254 g/mol. The summed E-state index contributed by atoms with van der Waals surface area (Å²) in [5.41, 5.74) is 0.0918. The smallest absolute Gasteiger partial charge is 0.306 e. The molecule has 0 saturated carbocycles. The van der Waals surface area contributed by atoms with Crippen molar-refractivity contribution in [1.29, 1.82) is 0 Å². The van der Waals surface area contributed by atoms with Gasteiger partial charge in [0, 0.05) is 0 Å². The quantitative estimate of drug-likeness (QED) is 0.656. The summed E-state index contributed by atoms with van der Waals surface area (Å²) in [5.74, 6) is -0.760. The molecule has 0 aliphatic heterocycles. The van der Waals surface area contributed by atoms with Gasteiger partial charge in [0.15, 0.2) is 0 Å². The predicted octanol–water partition coefficient (Wildman–Crippen LogP) is 1.71. The SMILES string of the molecule is C[C@@H]1CC[C@](O)(CC(=O)O)C2=C1[C@H](O)C(C)(C)C2. The molecule has 0 bridgehead atoms. The Morgan fingerprint density at radius 2 is 2.06 bits per heavy atom. The second-order valence-electron chi connectivity index (χ2n) is 6.54. The molecule has 2 rings (SSSR count). The highest BCUT2D eigenvalue weighted by molar-refractivity contribution is 5.69. The third-order valence-corrected chi connectivity index (χ3v) is 4.54. The van der Waals surface area contributed by atoms with E-state index in [-0.39, 0.29) is 17.8 Å². The zero-order chi connectivity index (χ0) is 13.7. The molecule has 4 nitrogen and oxygen atoms in total. The van der Waals surface area contributed by atoms with Crippen LogP contribution < -0.4 is 0 Å². The maximum absolute atomic E-state index is 10.9. The van der Waals surface area contributed by atoms with E-state index in [0.717, 1.165) is 17.6 Å². The number of aliphatic hydroxyl groups is 2. The van der Waals surface area contributed by atoms with Gasteiger partial charge in [-0.2, -0.15) is 0 Å². The van der Waals surface area contributed by atoms with E-state index in [1.54, 1.807) is 0 Å². The van der Waals surface area contributed by atoms with Crippen LogP contribution in [0.5, 0.6) is 0 Å². The third kappa shape index (κ3) is 1.97. The second-order valence-corrected chi connectivity index (χ2v) is 6.54. The summed E-state index contributed by atoms with van der Waals surface area (Å²) in [5, 5.41) is 30.0. The molecule has 0 amide bonds. The predicted molar refractivity (Wildman–Crippen MR) is 67.0 cm³/mol. The Labute approximate surface area is 107 Å². The lowest BCUT2D eigenvalue weighted by molar-refractivity contribution is -0.141. The molecule has 0 radical (unpaired) electrons. The summed E-state index contributed by atoms with van der Waals surface area (Å²) in [6.45, 7) is 5.97. The molecule has 2 aliphatic carbocycles. The number of aliphatic hydroxyl groups excluding tert-OH is 1. The highest BCUT2D eigenvalue weighted by atomic mass is 16.4. The number of hydrogen-bond acceptors (Lipinski definition) is 3. The second kappa shape index (κ2) is 4.07. The fraction of sp³-hybridized carbons (Fsp3) is 0.786. The summed E-state index contributed by atoms with van der Waals surface area (Å²) in [4.78, 5) is 10.9. The maximum Gasteiger partial charge on any atom is 0.306 e. The highest BCUT2D eigenvalue weighted by Gasteiger charge is 2.51. The molecule has 0 spiro atoms. The first kappa shape index (κ1) is 13.6. The molecule has 2 aliphatic rings. The third-order valence-electron chi connectivity index (χ3n) is 4.54. The molecule has 3 N–H and O–H groups in total. The number of aliphatic carboxylic acids is 1. The van der Waals surface area contributed by atoms with Gasteiger partial charge in [0.05, 0.1) is 18.1 Å². The molecular formula is C14H22O4. The van der Waals surface area contributed by atoms with Gasteiger partial charge >= 0.3 is 5.97 Å². The van der Waals surface area contributed by atoms with E-state index in [0.29, 0.717) is 12.8 Å². The van der Waals surface area contributed by atoms with Gasteiger partial charge in [-0.25, -0.2) is 0 Å². The van der Waals surface area contributed by atoms with Gasteiger partial charge < -0.3 is 15.3 Å². The first-order valence-corrected chi connectivity index (χ1v) is 6.53. The summed E-state index contributed by atoms with van der Waals surface area (Å²) < 4.78 is 0. The van der Waals surface area contributed by atoms with Gasteiger partial charge in [-0.3, -0.25) is 4.79 Å². The summed E-state index contributed by atoms with van der Waals surface area (Å²) >= 11 is 0. The fourth-order valence-electron chi connectivity index (χ4n) is 3.45. The molecule has 4 heteroatoms. The van der Waals surface area contributed by atoms with E-state index in [1.165, 1.54) is 0 Å². The summed E-state index contributed by atoms with van der Waals surface area (Å²) in [6.07, 6.45) is 0.958. The Morgan fingerprint density at radius 1 is 1.44 bits per heavy atom. The molecule has 18 heavy (non-hydrogen) atoms. The van der Waals surface area contributed by atoms with Crippen molar-refractivity contribution in [3.63, 3.8) is 0 Å². The molecular weight excluding hydrogens is 232 g/mol. The Kier molecular flexibility index (Phi) is 3.06. The first-order chi connectivity index (χ1) is 8.17. The van der Waals surface area contributed by atoms with E-state index >= 15 is 0 Å². The van der Waals surface area contributed by atoms with Gasteiger partial charge in [0.1, 0.15) is 0 Å². The van der Waals surface area contributed by atoms with E-state index < -0.39 is 17.7 Å². The molecule has 0 heterocycles. The van der Waals surface area contributed by atoms with Crippen LogP contribution in [0.25, 0.3) is 0 Å². The summed E-state index contributed by atoms with van der Waals surface area (Å²) in [7, 11) is 0. The van der Waals surface area contributed by atoms with Crippen LogP contribution in [0.2, 0.25) is 0 Å². The fourth-order valence-corrected chi connectivity index (χ4v) is 3.45. The van der Waals surface area contributed by atoms with Crippen molar-refractivity contribution in [2.24, 2.45) is 11.3 Å². The Morgan fingerprint density at radius 3 is 2.61 bits per heavy atom. The standard InChI is InChI=1S/C14H22O4/c1-8-4-5-14(18,7-10(15)16)9-6-13(2,3)12(17)11(8)9/h8,12,17-18H,4-7H2,1-3H3,(H,15,16)/t8-,12+,14+/m1/s1. The van der Waals surface area contributed by atoms with Crippen LogP contribution in [-0.2, 0) is 4.79 Å². The van der Waals surface area contributed by atoms with Crippen LogP contribution in [0.3, 0.4) is 0 Å². The maximum atomic E-state index is 10.9. The van der Waals surface area contributed by atoms with Crippen molar-refractivity contribution in [1.82, 2.24) is 0 Å². The topological polar surface area (TPSA) is 77.8 Å². The van der Waals surface area contributed by atoms with Crippen LogP contribution >= 0.6 is 0 Å². The van der Waals surface area contributed by atoms with Crippen LogP contribution in [0.1, 0.15) is 46.5 Å². The lowest BCUT2D eigenvalue weighted by atomic mass is 9.73. The van der Waals surface area contributed by atoms with Crippen molar-refractivity contribution in [3.05, 3.63) is 11.1 Å². The number of carbonyl (C=O) groups is 1. The lowest BCUT2D eigenvalue weighted by Gasteiger charge is -2.36. The molecule has 0 fully saturated rings. The molecule has 0 aromatic heterocycles. The largest absolute Gasteiger partial charge is 0.481 e. The van der Waals surface area contributed by atoms with Crippen molar-refractivity contribution >= 4 is 5.97 Å². The minimum absolute atomic E-state index is 0.228. The Hall–Kier alpha value is -0.870. The molecule has 102 valence electrons. The number of hydrogen-bond donors (Lipinski definition) is 3. The number of carboxylic acids is 1. The van der Waals surface area contributed by atoms with Gasteiger partial charge in [0.2, 0.25) is 0 Å². The van der Waals surface area contributed by atoms with Crippen molar-refractivity contribution < 1.29 is 20.1 Å². The molecule has 0 aromatic carbocycles. The van der Waals surface area contributed by atoms with Crippen LogP contribution in [0, 0.1) is 11.3 Å². The Balaban J connectivity index is 2.43. The lowest BCUT2D eigenvalue weighted by Crippen LogP contribution is -2.38. The molecule has 3 atom stereocenters. The Bertz CT molecular complexity index is 410. The minimum atomic E-state index is -1.26. The number of rotatable bonds is 2. The minimum Gasteiger partial charge on any atom is -0.481 e. The van der Waals surface area contributed by atoms with E-state index in [9.17, 15) is 15.0 Å². The zero-order valence-corrected chi connectivity index (χ0v) is 11.2. The molecule has 0 saturated heterocycles. The van der Waals surface area contributed by atoms with E-state index in [2.05, 4.69) is 0 Å². The van der Waals surface area contributed by atoms with Gasteiger partial charge in [-0.05, 0) is 41.7 Å².